The fraction of sp³-hybridized carbons (Fsp3) is 0.160. The molecule has 0 aliphatic carbocycles. The van der Waals surface area contributed by atoms with Crippen molar-refractivity contribution in [3.8, 4) is 17.1 Å². The summed E-state index contributed by atoms with van der Waals surface area (Å²) < 4.78 is 2.01. The van der Waals surface area contributed by atoms with Crippen LogP contribution in [0.3, 0.4) is 0 Å². The van der Waals surface area contributed by atoms with Gasteiger partial charge in [-0.05, 0) is 55.7 Å². The van der Waals surface area contributed by atoms with E-state index in [0.29, 0.717) is 5.16 Å². The molecule has 0 aliphatic rings. The summed E-state index contributed by atoms with van der Waals surface area (Å²) in [5.74, 6) is 0.925. The second kappa shape index (κ2) is 9.18. The lowest BCUT2D eigenvalue weighted by atomic mass is 10.1. The topological polar surface area (TPSA) is 59.8 Å². The number of rotatable bonds is 6. The fourth-order valence-electron chi connectivity index (χ4n) is 3.34. The Morgan fingerprint density at radius 2 is 1.71 bits per heavy atom. The second-order valence-electron chi connectivity index (χ2n) is 7.43. The molecule has 0 aliphatic heterocycles. The summed E-state index contributed by atoms with van der Waals surface area (Å²) in [6.45, 7) is 6.11. The molecule has 1 aromatic heterocycles. The van der Waals surface area contributed by atoms with Crippen molar-refractivity contribution in [3.05, 3.63) is 89.5 Å². The highest BCUT2D eigenvalue weighted by atomic mass is 32.2. The van der Waals surface area contributed by atoms with Crippen LogP contribution in [0.25, 0.3) is 17.1 Å². The number of anilines is 1. The predicted octanol–water partition coefficient (Wildman–Crippen LogP) is 5.59. The molecule has 0 atom stereocenters. The molecule has 0 saturated heterocycles. The minimum atomic E-state index is -0.0706. The molecular weight excluding hydrogens is 404 g/mol. The highest BCUT2D eigenvalue weighted by molar-refractivity contribution is 7.99. The van der Waals surface area contributed by atoms with Crippen LogP contribution < -0.4 is 5.32 Å². The lowest BCUT2D eigenvalue weighted by Crippen LogP contribution is -2.15. The van der Waals surface area contributed by atoms with Crippen molar-refractivity contribution in [1.82, 2.24) is 14.8 Å². The van der Waals surface area contributed by atoms with Crippen molar-refractivity contribution < 1.29 is 4.79 Å². The van der Waals surface area contributed by atoms with Gasteiger partial charge in [-0.25, -0.2) is 0 Å². The summed E-state index contributed by atoms with van der Waals surface area (Å²) in [4.78, 5) is 12.6. The molecule has 1 amide bonds. The van der Waals surface area contributed by atoms with Gasteiger partial charge < -0.3 is 5.32 Å². The highest BCUT2D eigenvalue weighted by Gasteiger charge is 2.17. The first-order chi connectivity index (χ1) is 15.0. The Morgan fingerprint density at radius 3 is 2.48 bits per heavy atom. The Hall–Kier alpha value is -3.38. The molecule has 0 spiro atoms. The molecule has 5 nitrogen and oxygen atoms in total. The number of benzene rings is 3. The van der Waals surface area contributed by atoms with Crippen molar-refractivity contribution in [3.63, 3.8) is 0 Å². The van der Waals surface area contributed by atoms with Crippen molar-refractivity contribution >= 4 is 23.4 Å². The van der Waals surface area contributed by atoms with Gasteiger partial charge in [0, 0.05) is 16.9 Å². The Balaban J connectivity index is 1.60. The van der Waals surface area contributed by atoms with Gasteiger partial charge >= 0.3 is 0 Å². The van der Waals surface area contributed by atoms with Crippen molar-refractivity contribution in [1.29, 1.82) is 0 Å². The van der Waals surface area contributed by atoms with E-state index in [2.05, 4.69) is 34.6 Å². The van der Waals surface area contributed by atoms with E-state index in [-0.39, 0.29) is 11.7 Å². The first kappa shape index (κ1) is 20.9. The number of hydrogen-bond acceptors (Lipinski definition) is 4. The summed E-state index contributed by atoms with van der Waals surface area (Å²) in [5, 5.41) is 12.5. The minimum Gasteiger partial charge on any atom is -0.325 e. The van der Waals surface area contributed by atoms with Crippen molar-refractivity contribution in [2.45, 2.75) is 25.9 Å². The molecule has 1 N–H and O–H groups in total. The fourth-order valence-corrected chi connectivity index (χ4v) is 4.09. The van der Waals surface area contributed by atoms with E-state index >= 15 is 0 Å². The van der Waals surface area contributed by atoms with Crippen LogP contribution in [-0.2, 0) is 4.79 Å². The summed E-state index contributed by atoms with van der Waals surface area (Å²) >= 11 is 1.38. The SMILES string of the molecule is Cc1cccc(-n2c(SCC(=O)Nc3cccc(C)c3C)nnc2-c2ccccc2)c1. The molecule has 156 valence electrons. The van der Waals surface area contributed by atoms with Gasteiger partial charge in [-0.3, -0.25) is 9.36 Å². The quantitative estimate of drug-likeness (QED) is 0.407. The zero-order valence-corrected chi connectivity index (χ0v) is 18.6. The monoisotopic (exact) mass is 428 g/mol. The Morgan fingerprint density at radius 1 is 0.935 bits per heavy atom. The number of carbonyl (C=O) groups is 1. The number of nitrogens with one attached hydrogen (secondary N) is 1. The zero-order chi connectivity index (χ0) is 21.8. The largest absolute Gasteiger partial charge is 0.325 e. The molecule has 0 saturated carbocycles. The molecular formula is C25H24N4OS. The lowest BCUT2D eigenvalue weighted by molar-refractivity contribution is -0.113. The number of carbonyl (C=O) groups excluding carboxylic acids is 1. The molecule has 0 unspecified atom stereocenters. The highest BCUT2D eigenvalue weighted by Crippen LogP contribution is 2.28. The maximum Gasteiger partial charge on any atom is 0.234 e. The number of amides is 1. The van der Waals surface area contributed by atoms with Gasteiger partial charge in [0.2, 0.25) is 5.91 Å². The molecule has 4 aromatic rings. The zero-order valence-electron chi connectivity index (χ0n) is 17.8. The van der Waals surface area contributed by atoms with Gasteiger partial charge in [0.1, 0.15) is 0 Å². The molecule has 0 fully saturated rings. The summed E-state index contributed by atoms with van der Waals surface area (Å²) in [6.07, 6.45) is 0. The van der Waals surface area contributed by atoms with Gasteiger partial charge in [0.05, 0.1) is 5.75 Å². The molecule has 6 heteroatoms. The van der Waals surface area contributed by atoms with Gasteiger partial charge in [0.25, 0.3) is 0 Å². The normalized spacial score (nSPS) is 10.8. The van der Waals surface area contributed by atoms with Crippen LogP contribution in [0.2, 0.25) is 0 Å². The van der Waals surface area contributed by atoms with Crippen molar-refractivity contribution in [2.24, 2.45) is 0 Å². The number of thioether (sulfide) groups is 1. The second-order valence-corrected chi connectivity index (χ2v) is 8.37. The maximum atomic E-state index is 12.6. The number of aryl methyl sites for hydroxylation is 2. The molecule has 4 rings (SSSR count). The third-order valence-electron chi connectivity index (χ3n) is 5.14. The number of hydrogen-bond donors (Lipinski definition) is 1. The maximum absolute atomic E-state index is 12.6. The Bertz CT molecular complexity index is 1220. The van der Waals surface area contributed by atoms with Gasteiger partial charge in [-0.1, -0.05) is 66.4 Å². The summed E-state index contributed by atoms with van der Waals surface area (Å²) in [6, 6.07) is 24.1. The van der Waals surface area contributed by atoms with E-state index < -0.39 is 0 Å². The van der Waals surface area contributed by atoms with Crippen LogP contribution >= 0.6 is 11.8 Å². The van der Waals surface area contributed by atoms with E-state index in [9.17, 15) is 4.79 Å². The number of aromatic nitrogens is 3. The third kappa shape index (κ3) is 4.70. The Labute approximate surface area is 186 Å². The van der Waals surface area contributed by atoms with Crippen LogP contribution in [0.1, 0.15) is 16.7 Å². The van der Waals surface area contributed by atoms with Crippen molar-refractivity contribution in [2.75, 3.05) is 11.1 Å². The van der Waals surface area contributed by atoms with Crippen LogP contribution in [0.15, 0.2) is 78.0 Å². The summed E-state index contributed by atoms with van der Waals surface area (Å²) in [5.41, 5.74) is 6.17. The standard InChI is InChI=1S/C25H24N4OS/c1-17-9-7-13-21(15-17)29-24(20-11-5-4-6-12-20)27-28-25(29)31-16-23(30)26-22-14-8-10-18(2)19(22)3/h4-15H,16H2,1-3H3,(H,26,30). The predicted molar refractivity (Wildman–Crippen MR) is 127 cm³/mol. The first-order valence-corrected chi connectivity index (χ1v) is 11.1. The van der Waals surface area contributed by atoms with Gasteiger partial charge in [-0.2, -0.15) is 0 Å². The lowest BCUT2D eigenvalue weighted by Gasteiger charge is -2.12. The van der Waals surface area contributed by atoms with Crippen LogP contribution in [0.5, 0.6) is 0 Å². The first-order valence-electron chi connectivity index (χ1n) is 10.1. The van der Waals surface area contributed by atoms with Crippen LogP contribution in [-0.4, -0.2) is 26.4 Å². The number of nitrogens with zero attached hydrogens (tertiary/aromatic N) is 3. The molecule has 31 heavy (non-hydrogen) atoms. The van der Waals surface area contributed by atoms with Gasteiger partial charge in [0.15, 0.2) is 11.0 Å². The van der Waals surface area contributed by atoms with E-state index in [1.807, 2.05) is 79.1 Å². The van der Waals surface area contributed by atoms with Gasteiger partial charge in [-0.15, -0.1) is 10.2 Å². The minimum absolute atomic E-state index is 0.0706. The average Bonchev–Trinajstić information content (AvgIpc) is 3.20. The average molecular weight is 429 g/mol. The molecule has 0 bridgehead atoms. The van der Waals surface area contributed by atoms with Crippen LogP contribution in [0, 0.1) is 20.8 Å². The molecule has 1 heterocycles. The molecule has 3 aromatic carbocycles. The third-order valence-corrected chi connectivity index (χ3v) is 6.07. The molecule has 0 radical (unpaired) electrons. The van der Waals surface area contributed by atoms with Crippen LogP contribution in [0.4, 0.5) is 5.69 Å². The smallest absolute Gasteiger partial charge is 0.234 e. The van der Waals surface area contributed by atoms with E-state index in [4.69, 9.17) is 0 Å². The van der Waals surface area contributed by atoms with E-state index in [1.165, 1.54) is 11.8 Å². The van der Waals surface area contributed by atoms with E-state index in [0.717, 1.165) is 39.5 Å². The van der Waals surface area contributed by atoms with E-state index in [1.54, 1.807) is 0 Å². The summed E-state index contributed by atoms with van der Waals surface area (Å²) in [7, 11) is 0. The Kier molecular flexibility index (Phi) is 6.18.